The smallest absolute Gasteiger partial charge is 0.341 e. The lowest BCUT2D eigenvalue weighted by molar-refractivity contribution is -0.113. The minimum Gasteiger partial charge on any atom is -0.493 e. The Morgan fingerprint density at radius 3 is 2.57 bits per heavy atom. The van der Waals surface area contributed by atoms with Gasteiger partial charge in [0.1, 0.15) is 10.8 Å². The van der Waals surface area contributed by atoms with E-state index in [0.717, 1.165) is 21.8 Å². The molecule has 3 aromatic rings. The highest BCUT2D eigenvalue weighted by Crippen LogP contribution is 2.33. The van der Waals surface area contributed by atoms with Crippen molar-refractivity contribution in [3.8, 4) is 17.1 Å². The summed E-state index contributed by atoms with van der Waals surface area (Å²) < 4.78 is 12.5. The molecular formula is C25H30N4O4S2. The lowest BCUT2D eigenvalue weighted by atomic mass is 10.1. The molecule has 8 nitrogen and oxygen atoms in total. The first-order valence-electron chi connectivity index (χ1n) is 11.1. The minimum absolute atomic E-state index is 0.105. The number of hydrogen-bond donors (Lipinski definition) is 1. The average Bonchev–Trinajstić information content (AvgIpc) is 3.36. The number of esters is 1. The van der Waals surface area contributed by atoms with Gasteiger partial charge in [-0.3, -0.25) is 9.36 Å². The van der Waals surface area contributed by atoms with E-state index < -0.39 is 5.97 Å². The standard InChI is InChI=1S/C25H30N4O4S2/c1-7-12-29-22(18-8-10-19(11-9-18)33-13-15(2)3)27-28-25(29)34-14-20(30)26-23-21(24(31)32-6)16(4)17(5)35-23/h7-11,15H,1,12-14H2,2-6H3,(H,26,30). The number of carbonyl (C=O) groups excluding carboxylic acids is 2. The Morgan fingerprint density at radius 2 is 1.94 bits per heavy atom. The molecule has 0 aliphatic carbocycles. The second-order valence-corrected chi connectivity index (χ2v) is 10.4. The summed E-state index contributed by atoms with van der Waals surface area (Å²) in [6.07, 6.45) is 1.76. The molecular weight excluding hydrogens is 484 g/mol. The lowest BCUT2D eigenvalue weighted by Crippen LogP contribution is -2.16. The van der Waals surface area contributed by atoms with Crippen LogP contribution in [0.2, 0.25) is 0 Å². The number of rotatable bonds is 11. The summed E-state index contributed by atoms with van der Waals surface area (Å²) in [6.45, 7) is 12.9. The maximum atomic E-state index is 12.7. The van der Waals surface area contributed by atoms with E-state index >= 15 is 0 Å². The van der Waals surface area contributed by atoms with Gasteiger partial charge in [0.25, 0.3) is 0 Å². The van der Waals surface area contributed by atoms with Crippen molar-refractivity contribution in [1.29, 1.82) is 0 Å². The molecule has 186 valence electrons. The van der Waals surface area contributed by atoms with Crippen LogP contribution in [0.5, 0.6) is 5.75 Å². The van der Waals surface area contributed by atoms with Crippen LogP contribution >= 0.6 is 23.1 Å². The third-order valence-electron chi connectivity index (χ3n) is 5.08. The lowest BCUT2D eigenvalue weighted by Gasteiger charge is -2.10. The molecule has 3 rings (SSSR count). The van der Waals surface area contributed by atoms with Gasteiger partial charge in [0.2, 0.25) is 5.91 Å². The van der Waals surface area contributed by atoms with Gasteiger partial charge in [-0.25, -0.2) is 4.79 Å². The Morgan fingerprint density at radius 1 is 1.23 bits per heavy atom. The van der Waals surface area contributed by atoms with Crippen LogP contribution in [-0.4, -0.2) is 46.1 Å². The summed E-state index contributed by atoms with van der Waals surface area (Å²) in [5, 5.41) is 12.6. The normalized spacial score (nSPS) is 10.9. The number of ether oxygens (including phenoxy) is 2. The highest BCUT2D eigenvalue weighted by molar-refractivity contribution is 7.99. The number of hydrogen-bond acceptors (Lipinski definition) is 8. The molecule has 0 bridgehead atoms. The van der Waals surface area contributed by atoms with Crippen molar-refractivity contribution < 1.29 is 19.1 Å². The summed E-state index contributed by atoms with van der Waals surface area (Å²) in [6, 6.07) is 7.70. The molecule has 1 aromatic carbocycles. The zero-order chi connectivity index (χ0) is 25.5. The average molecular weight is 515 g/mol. The van der Waals surface area contributed by atoms with Gasteiger partial charge in [0, 0.05) is 17.0 Å². The quantitative estimate of drug-likeness (QED) is 0.209. The van der Waals surface area contributed by atoms with E-state index in [9.17, 15) is 9.59 Å². The number of nitrogens with zero attached hydrogens (tertiary/aromatic N) is 3. The molecule has 1 N–H and O–H groups in total. The number of thiophene rings is 1. The van der Waals surface area contributed by atoms with Crippen LogP contribution in [-0.2, 0) is 16.1 Å². The molecule has 1 amide bonds. The van der Waals surface area contributed by atoms with Crippen LogP contribution in [0, 0.1) is 19.8 Å². The number of thioether (sulfide) groups is 1. The number of amides is 1. The first-order valence-corrected chi connectivity index (χ1v) is 12.9. The van der Waals surface area contributed by atoms with Crippen molar-refractivity contribution in [2.24, 2.45) is 5.92 Å². The number of benzene rings is 1. The Bertz CT molecular complexity index is 1200. The largest absolute Gasteiger partial charge is 0.493 e. The molecule has 2 aromatic heterocycles. The molecule has 10 heteroatoms. The summed E-state index contributed by atoms with van der Waals surface area (Å²) in [7, 11) is 1.33. The Hall–Kier alpha value is -3.11. The number of aromatic nitrogens is 3. The summed E-state index contributed by atoms with van der Waals surface area (Å²) >= 11 is 2.62. The van der Waals surface area contributed by atoms with Gasteiger partial charge < -0.3 is 14.8 Å². The summed E-state index contributed by atoms with van der Waals surface area (Å²) in [4.78, 5) is 25.8. The van der Waals surface area contributed by atoms with E-state index in [4.69, 9.17) is 9.47 Å². The highest BCUT2D eigenvalue weighted by atomic mass is 32.2. The second kappa shape index (κ2) is 12.0. The monoisotopic (exact) mass is 514 g/mol. The Labute approximate surface area is 213 Å². The van der Waals surface area contributed by atoms with Crippen molar-refractivity contribution in [2.75, 3.05) is 24.8 Å². The van der Waals surface area contributed by atoms with Crippen LogP contribution in [0.3, 0.4) is 0 Å². The van der Waals surface area contributed by atoms with Crippen molar-refractivity contribution in [3.05, 3.63) is 52.9 Å². The molecule has 0 saturated carbocycles. The van der Waals surface area contributed by atoms with Gasteiger partial charge in [-0.05, 0) is 49.6 Å². The van der Waals surface area contributed by atoms with Gasteiger partial charge in [-0.15, -0.1) is 28.1 Å². The molecule has 0 unspecified atom stereocenters. The van der Waals surface area contributed by atoms with E-state index in [0.29, 0.717) is 40.6 Å². The van der Waals surface area contributed by atoms with Crippen LogP contribution in [0.25, 0.3) is 11.4 Å². The first-order chi connectivity index (χ1) is 16.7. The Balaban J connectivity index is 1.72. The molecule has 2 heterocycles. The predicted octanol–water partition coefficient (Wildman–Crippen LogP) is 5.36. The van der Waals surface area contributed by atoms with Crippen LogP contribution in [0.4, 0.5) is 5.00 Å². The van der Waals surface area contributed by atoms with Crippen molar-refractivity contribution in [2.45, 2.75) is 39.4 Å². The van der Waals surface area contributed by atoms with Crippen molar-refractivity contribution >= 4 is 40.0 Å². The first kappa shape index (κ1) is 26.5. The van der Waals surface area contributed by atoms with Gasteiger partial charge in [0.15, 0.2) is 11.0 Å². The molecule has 0 fully saturated rings. The van der Waals surface area contributed by atoms with Gasteiger partial charge in [-0.2, -0.15) is 0 Å². The molecule has 35 heavy (non-hydrogen) atoms. The maximum Gasteiger partial charge on any atom is 0.341 e. The maximum absolute atomic E-state index is 12.7. The zero-order valence-electron chi connectivity index (χ0n) is 20.6. The van der Waals surface area contributed by atoms with E-state index in [-0.39, 0.29) is 11.7 Å². The van der Waals surface area contributed by atoms with Crippen LogP contribution in [0.1, 0.15) is 34.6 Å². The molecule has 0 aliphatic heterocycles. The fourth-order valence-electron chi connectivity index (χ4n) is 3.22. The Kier molecular flexibility index (Phi) is 9.11. The van der Waals surface area contributed by atoms with Gasteiger partial charge in [0.05, 0.1) is 25.0 Å². The highest BCUT2D eigenvalue weighted by Gasteiger charge is 2.22. The third-order valence-corrected chi connectivity index (χ3v) is 7.17. The van der Waals surface area contributed by atoms with E-state index in [1.54, 1.807) is 6.08 Å². The number of allylic oxidation sites excluding steroid dienone is 1. The second-order valence-electron chi connectivity index (χ2n) is 8.25. The molecule has 0 aliphatic rings. The predicted molar refractivity (Wildman–Crippen MR) is 140 cm³/mol. The van der Waals surface area contributed by atoms with Crippen molar-refractivity contribution in [3.63, 3.8) is 0 Å². The fourth-order valence-corrected chi connectivity index (χ4v) is 5.03. The minimum atomic E-state index is -0.467. The number of methoxy groups -OCH3 is 1. The van der Waals surface area contributed by atoms with E-state index in [1.807, 2.05) is 42.7 Å². The number of aryl methyl sites for hydroxylation is 1. The number of anilines is 1. The molecule has 0 saturated heterocycles. The molecule has 0 spiro atoms. The van der Waals surface area contributed by atoms with Crippen molar-refractivity contribution in [1.82, 2.24) is 14.8 Å². The van der Waals surface area contributed by atoms with Gasteiger partial charge in [-0.1, -0.05) is 31.7 Å². The molecule has 0 atom stereocenters. The fraction of sp³-hybridized carbons (Fsp3) is 0.360. The topological polar surface area (TPSA) is 95.3 Å². The van der Waals surface area contributed by atoms with E-state index in [2.05, 4.69) is 35.9 Å². The number of carbonyl (C=O) groups is 2. The van der Waals surface area contributed by atoms with Crippen LogP contribution in [0.15, 0.2) is 42.1 Å². The number of nitrogens with one attached hydrogen (secondary N) is 1. The summed E-state index contributed by atoms with van der Waals surface area (Å²) in [5.41, 5.74) is 2.09. The SMILES string of the molecule is C=CCn1c(SCC(=O)Nc2sc(C)c(C)c2C(=O)OC)nnc1-c1ccc(OCC(C)C)cc1. The van der Waals surface area contributed by atoms with Gasteiger partial charge >= 0.3 is 5.97 Å². The van der Waals surface area contributed by atoms with Crippen LogP contribution < -0.4 is 10.1 Å². The zero-order valence-corrected chi connectivity index (χ0v) is 22.2. The third kappa shape index (κ3) is 6.52. The summed E-state index contributed by atoms with van der Waals surface area (Å²) in [5.74, 6) is 1.32. The van der Waals surface area contributed by atoms with E-state index in [1.165, 1.54) is 30.2 Å². The molecule has 0 radical (unpaired) electrons.